The fourth-order valence-corrected chi connectivity index (χ4v) is 6.26. The number of hydrogen-bond acceptors (Lipinski definition) is 6. The van der Waals surface area contributed by atoms with E-state index in [-0.39, 0.29) is 5.91 Å². The summed E-state index contributed by atoms with van der Waals surface area (Å²) in [6, 6.07) is 9.34. The molecule has 0 bridgehead atoms. The lowest BCUT2D eigenvalue weighted by atomic mass is 9.73. The molecule has 0 unspecified atom stereocenters. The quantitative estimate of drug-likeness (QED) is 0.124. The Kier molecular flexibility index (Phi) is 9.81. The maximum absolute atomic E-state index is 13.8. The summed E-state index contributed by atoms with van der Waals surface area (Å²) >= 11 is 7.89. The van der Waals surface area contributed by atoms with Crippen LogP contribution in [0.5, 0.6) is 5.75 Å². The molecule has 0 aliphatic carbocycles. The first-order chi connectivity index (χ1) is 18.3. The molecule has 204 valence electrons. The summed E-state index contributed by atoms with van der Waals surface area (Å²) in [5, 5.41) is 11.0. The number of fused-ring (bicyclic) bond motifs is 1. The van der Waals surface area contributed by atoms with Crippen LogP contribution in [0.4, 0.5) is 8.78 Å². The van der Waals surface area contributed by atoms with Crippen molar-refractivity contribution in [2.24, 2.45) is 5.41 Å². The Balaban J connectivity index is 1.31. The number of rotatable bonds is 11. The van der Waals surface area contributed by atoms with Crippen LogP contribution < -0.4 is 10.2 Å². The second kappa shape index (κ2) is 13.1. The van der Waals surface area contributed by atoms with Gasteiger partial charge in [-0.1, -0.05) is 11.6 Å². The minimum absolute atomic E-state index is 0.341. The molecular weight excluding hydrogens is 532 g/mol. The summed E-state index contributed by atoms with van der Waals surface area (Å²) in [5.41, 5.74) is 3.06. The number of hydrogen-bond donors (Lipinski definition) is 2. The van der Waals surface area contributed by atoms with Gasteiger partial charge in [-0.05, 0) is 99.8 Å². The summed E-state index contributed by atoms with van der Waals surface area (Å²) in [6.07, 6.45) is 5.79. The largest absolute Gasteiger partial charge is 0.497 e. The molecule has 1 aromatic heterocycles. The van der Waals surface area contributed by atoms with Gasteiger partial charge >= 0.3 is 0 Å². The van der Waals surface area contributed by atoms with Gasteiger partial charge in [0.05, 0.1) is 23.1 Å². The molecule has 0 atom stereocenters. The third-order valence-corrected chi connectivity index (χ3v) is 8.84. The van der Waals surface area contributed by atoms with E-state index in [0.29, 0.717) is 41.4 Å². The lowest BCUT2D eigenvalue weighted by Crippen LogP contribution is -2.48. The summed E-state index contributed by atoms with van der Waals surface area (Å²) in [6.45, 7) is 2.30. The summed E-state index contributed by atoms with van der Waals surface area (Å²) in [4.78, 5) is 19.9. The Morgan fingerprint density at radius 3 is 2.71 bits per heavy atom. The van der Waals surface area contributed by atoms with Crippen molar-refractivity contribution in [2.75, 3.05) is 32.5 Å². The highest BCUT2D eigenvalue weighted by molar-refractivity contribution is 7.99. The van der Waals surface area contributed by atoms with E-state index in [2.05, 4.69) is 9.88 Å². The normalized spacial score (nSPS) is 15.5. The summed E-state index contributed by atoms with van der Waals surface area (Å²) in [5.74, 6) is -0.00687. The number of methoxy groups -OCH3 is 1. The number of likely N-dealkylation sites (tertiary alicyclic amines) is 1. The molecule has 10 heteroatoms. The Bertz CT molecular complexity index is 1270. The van der Waals surface area contributed by atoms with Crippen molar-refractivity contribution in [3.05, 3.63) is 64.8 Å². The Labute approximate surface area is 230 Å². The molecule has 1 fully saturated rings. The van der Waals surface area contributed by atoms with Crippen molar-refractivity contribution in [1.82, 2.24) is 15.4 Å². The number of amides is 1. The molecule has 0 radical (unpaired) electrons. The van der Waals surface area contributed by atoms with Gasteiger partial charge in [0.25, 0.3) is 0 Å². The second-order valence-corrected chi connectivity index (χ2v) is 11.2. The highest BCUT2D eigenvalue weighted by atomic mass is 35.5. The van der Waals surface area contributed by atoms with E-state index in [1.807, 2.05) is 23.7 Å². The van der Waals surface area contributed by atoms with Gasteiger partial charge < -0.3 is 9.64 Å². The van der Waals surface area contributed by atoms with Gasteiger partial charge in [-0.25, -0.2) is 14.3 Å². The van der Waals surface area contributed by atoms with Crippen molar-refractivity contribution in [2.45, 2.75) is 43.4 Å². The summed E-state index contributed by atoms with van der Waals surface area (Å²) in [7, 11) is 1.62. The molecule has 0 saturated carbocycles. The third kappa shape index (κ3) is 6.75. The van der Waals surface area contributed by atoms with Crippen LogP contribution in [0.15, 0.2) is 47.5 Å². The number of hydroxylamine groups is 1. The SMILES string of the molecule is COc1ccc2ncc(Cl)c(CCCC3(C(=O)NO)CCN(CCCSc4ccc(F)cc4F)CC3)c2c1. The molecular formula is C28H32ClF2N3O3S. The van der Waals surface area contributed by atoms with Gasteiger partial charge in [0.1, 0.15) is 17.4 Å². The first-order valence-corrected chi connectivity index (χ1v) is 14.1. The average Bonchev–Trinajstić information content (AvgIpc) is 2.93. The maximum Gasteiger partial charge on any atom is 0.249 e. The predicted octanol–water partition coefficient (Wildman–Crippen LogP) is 6.27. The van der Waals surface area contributed by atoms with E-state index in [4.69, 9.17) is 16.3 Å². The van der Waals surface area contributed by atoms with Crippen LogP contribution in [-0.2, 0) is 11.2 Å². The smallest absolute Gasteiger partial charge is 0.249 e. The number of ether oxygens (including phenoxy) is 1. The molecule has 4 rings (SSSR count). The predicted molar refractivity (Wildman–Crippen MR) is 146 cm³/mol. The second-order valence-electron chi connectivity index (χ2n) is 9.66. The number of carbonyl (C=O) groups is 1. The molecule has 2 aromatic carbocycles. The first-order valence-electron chi connectivity index (χ1n) is 12.7. The number of piperidine rings is 1. The fourth-order valence-electron chi connectivity index (χ4n) is 5.16. The van der Waals surface area contributed by atoms with Crippen LogP contribution in [0, 0.1) is 17.0 Å². The number of thioether (sulfide) groups is 1. The van der Waals surface area contributed by atoms with E-state index in [1.165, 1.54) is 23.9 Å². The number of carbonyl (C=O) groups excluding carboxylic acids is 1. The van der Waals surface area contributed by atoms with Gasteiger partial charge in [0.15, 0.2) is 0 Å². The van der Waals surface area contributed by atoms with Gasteiger partial charge in [0.2, 0.25) is 5.91 Å². The van der Waals surface area contributed by atoms with E-state index >= 15 is 0 Å². The molecule has 0 spiro atoms. The Morgan fingerprint density at radius 1 is 1.21 bits per heavy atom. The molecule has 1 amide bonds. The van der Waals surface area contributed by atoms with Crippen molar-refractivity contribution in [3.8, 4) is 5.75 Å². The van der Waals surface area contributed by atoms with Gasteiger partial charge in [-0.15, -0.1) is 11.8 Å². The fraction of sp³-hybridized carbons (Fsp3) is 0.429. The van der Waals surface area contributed by atoms with Crippen molar-refractivity contribution in [3.63, 3.8) is 0 Å². The molecule has 2 heterocycles. The first kappa shape index (κ1) is 28.5. The highest BCUT2D eigenvalue weighted by Gasteiger charge is 2.40. The zero-order valence-corrected chi connectivity index (χ0v) is 22.9. The third-order valence-electron chi connectivity index (χ3n) is 7.38. The minimum atomic E-state index is -0.649. The van der Waals surface area contributed by atoms with Crippen LogP contribution in [0.25, 0.3) is 10.9 Å². The van der Waals surface area contributed by atoms with Crippen LogP contribution >= 0.6 is 23.4 Å². The number of halogens is 3. The standard InChI is InChI=1S/C28H32ClF2N3O3S/c1-37-20-6-7-25-22(17-20)21(23(29)18-32-25)4-2-9-28(27(35)33-36)10-13-34(14-11-28)12-3-15-38-26-8-5-19(30)16-24(26)31/h5-8,16-18,36H,2-4,9-15H2,1H3,(H,33,35). The topological polar surface area (TPSA) is 74.7 Å². The average molecular weight is 564 g/mol. The Morgan fingerprint density at radius 2 is 2.00 bits per heavy atom. The lowest BCUT2D eigenvalue weighted by molar-refractivity contribution is -0.143. The molecule has 3 aromatic rings. The van der Waals surface area contributed by atoms with Gasteiger partial charge in [-0.2, -0.15) is 0 Å². The minimum Gasteiger partial charge on any atom is -0.497 e. The molecule has 1 saturated heterocycles. The number of aromatic nitrogens is 1. The number of nitrogens with zero attached hydrogens (tertiary/aromatic N) is 2. The molecule has 6 nitrogen and oxygen atoms in total. The van der Waals surface area contributed by atoms with Crippen LogP contribution in [-0.4, -0.2) is 53.5 Å². The molecule has 1 aliphatic heterocycles. The van der Waals surface area contributed by atoms with Gasteiger partial charge in [0, 0.05) is 22.5 Å². The highest BCUT2D eigenvalue weighted by Crippen LogP contribution is 2.38. The number of aryl methyl sites for hydroxylation is 1. The van der Waals surface area contributed by atoms with E-state index in [0.717, 1.165) is 60.8 Å². The zero-order chi connectivity index (χ0) is 27.1. The number of benzene rings is 2. The summed E-state index contributed by atoms with van der Waals surface area (Å²) < 4.78 is 32.3. The number of pyridine rings is 1. The number of nitrogens with one attached hydrogen (secondary N) is 1. The van der Waals surface area contributed by atoms with Gasteiger partial charge in [-0.3, -0.25) is 15.0 Å². The van der Waals surface area contributed by atoms with Crippen LogP contribution in [0.3, 0.4) is 0 Å². The molecule has 2 N–H and O–H groups in total. The molecule has 38 heavy (non-hydrogen) atoms. The van der Waals surface area contributed by atoms with Crippen LogP contribution in [0.2, 0.25) is 5.02 Å². The lowest BCUT2D eigenvalue weighted by Gasteiger charge is -2.40. The monoisotopic (exact) mass is 563 g/mol. The van der Waals surface area contributed by atoms with E-state index < -0.39 is 17.0 Å². The van der Waals surface area contributed by atoms with Crippen molar-refractivity contribution in [1.29, 1.82) is 0 Å². The zero-order valence-electron chi connectivity index (χ0n) is 21.3. The van der Waals surface area contributed by atoms with E-state index in [1.54, 1.807) is 13.3 Å². The molecule has 1 aliphatic rings. The van der Waals surface area contributed by atoms with Crippen molar-refractivity contribution < 1.29 is 23.5 Å². The van der Waals surface area contributed by atoms with E-state index in [9.17, 15) is 18.8 Å². The van der Waals surface area contributed by atoms with Crippen LogP contribution in [0.1, 0.15) is 37.7 Å². The Hall–Kier alpha value is -2.46. The maximum atomic E-state index is 13.8. The van der Waals surface area contributed by atoms with Crippen molar-refractivity contribution >= 4 is 40.2 Å².